The molecule has 0 saturated carbocycles. The van der Waals surface area contributed by atoms with E-state index in [1.807, 2.05) is 19.1 Å². The quantitative estimate of drug-likeness (QED) is 0.863. The zero-order valence-electron chi connectivity index (χ0n) is 11.6. The van der Waals surface area contributed by atoms with Gasteiger partial charge in [0.25, 0.3) is 0 Å². The standard InChI is InChI=1S/C16H18FNO2/c1-3-15(11-4-7-13(19)8-5-11)18-12-6-9-16(20-2)14(17)10-12/h4-10,15,18-19H,3H2,1-2H3. The van der Waals surface area contributed by atoms with Gasteiger partial charge in [0.15, 0.2) is 11.6 Å². The van der Waals surface area contributed by atoms with Crippen LogP contribution in [-0.2, 0) is 0 Å². The molecule has 20 heavy (non-hydrogen) atoms. The van der Waals surface area contributed by atoms with Gasteiger partial charge in [0.05, 0.1) is 13.2 Å². The van der Waals surface area contributed by atoms with Crippen LogP contribution >= 0.6 is 0 Å². The molecule has 0 bridgehead atoms. The number of hydrogen-bond acceptors (Lipinski definition) is 3. The Morgan fingerprint density at radius 2 is 1.90 bits per heavy atom. The lowest BCUT2D eigenvalue weighted by Crippen LogP contribution is -2.09. The first-order valence-corrected chi connectivity index (χ1v) is 6.53. The Labute approximate surface area is 118 Å². The van der Waals surface area contributed by atoms with Crippen molar-refractivity contribution in [2.45, 2.75) is 19.4 Å². The fourth-order valence-electron chi connectivity index (χ4n) is 2.09. The average Bonchev–Trinajstić information content (AvgIpc) is 2.46. The zero-order valence-corrected chi connectivity index (χ0v) is 11.6. The van der Waals surface area contributed by atoms with Gasteiger partial charge in [-0.15, -0.1) is 0 Å². The van der Waals surface area contributed by atoms with E-state index in [1.165, 1.54) is 13.2 Å². The van der Waals surface area contributed by atoms with Gasteiger partial charge >= 0.3 is 0 Å². The van der Waals surface area contributed by atoms with E-state index in [9.17, 15) is 9.50 Å². The predicted octanol–water partition coefficient (Wildman–Crippen LogP) is 4.10. The van der Waals surface area contributed by atoms with E-state index in [0.717, 1.165) is 12.0 Å². The molecule has 0 aliphatic heterocycles. The highest BCUT2D eigenvalue weighted by Gasteiger charge is 2.10. The zero-order chi connectivity index (χ0) is 14.5. The summed E-state index contributed by atoms with van der Waals surface area (Å²) in [7, 11) is 1.44. The number of phenols is 1. The molecule has 0 aliphatic carbocycles. The molecular formula is C16H18FNO2. The number of anilines is 1. The van der Waals surface area contributed by atoms with Gasteiger partial charge in [-0.05, 0) is 36.2 Å². The van der Waals surface area contributed by atoms with E-state index >= 15 is 0 Å². The van der Waals surface area contributed by atoms with Crippen molar-refractivity contribution in [3.63, 3.8) is 0 Å². The predicted molar refractivity (Wildman–Crippen MR) is 77.7 cm³/mol. The minimum atomic E-state index is -0.391. The van der Waals surface area contributed by atoms with Crippen molar-refractivity contribution in [3.8, 4) is 11.5 Å². The molecule has 2 N–H and O–H groups in total. The first-order valence-electron chi connectivity index (χ1n) is 6.53. The van der Waals surface area contributed by atoms with Crippen molar-refractivity contribution in [2.75, 3.05) is 12.4 Å². The molecule has 2 aromatic carbocycles. The lowest BCUT2D eigenvalue weighted by molar-refractivity contribution is 0.386. The second-order valence-corrected chi connectivity index (χ2v) is 4.55. The highest BCUT2D eigenvalue weighted by Crippen LogP contribution is 2.27. The van der Waals surface area contributed by atoms with E-state index in [0.29, 0.717) is 5.69 Å². The molecule has 0 spiro atoms. The maximum Gasteiger partial charge on any atom is 0.167 e. The Morgan fingerprint density at radius 1 is 1.20 bits per heavy atom. The topological polar surface area (TPSA) is 41.5 Å². The fraction of sp³-hybridized carbons (Fsp3) is 0.250. The third-order valence-corrected chi connectivity index (χ3v) is 3.20. The largest absolute Gasteiger partial charge is 0.508 e. The molecular weight excluding hydrogens is 257 g/mol. The third-order valence-electron chi connectivity index (χ3n) is 3.20. The Bertz CT molecular complexity index is 569. The van der Waals surface area contributed by atoms with Crippen LogP contribution in [0.1, 0.15) is 24.9 Å². The summed E-state index contributed by atoms with van der Waals surface area (Å²) < 4.78 is 18.6. The molecule has 2 rings (SSSR count). The summed E-state index contributed by atoms with van der Waals surface area (Å²) >= 11 is 0. The molecule has 0 fully saturated rings. The molecule has 4 heteroatoms. The Kier molecular flexibility index (Phi) is 4.45. The highest BCUT2D eigenvalue weighted by atomic mass is 19.1. The summed E-state index contributed by atoms with van der Waals surface area (Å²) in [5, 5.41) is 12.6. The lowest BCUT2D eigenvalue weighted by atomic mass is 10.0. The molecule has 0 saturated heterocycles. The molecule has 106 valence electrons. The lowest BCUT2D eigenvalue weighted by Gasteiger charge is -2.19. The molecule has 0 radical (unpaired) electrons. The smallest absolute Gasteiger partial charge is 0.167 e. The van der Waals surface area contributed by atoms with Gasteiger partial charge < -0.3 is 15.2 Å². The number of aromatic hydroxyl groups is 1. The van der Waals surface area contributed by atoms with E-state index < -0.39 is 5.82 Å². The summed E-state index contributed by atoms with van der Waals surface area (Å²) in [6.45, 7) is 2.05. The van der Waals surface area contributed by atoms with E-state index in [4.69, 9.17) is 4.74 Å². The number of benzene rings is 2. The second-order valence-electron chi connectivity index (χ2n) is 4.55. The van der Waals surface area contributed by atoms with Crippen molar-refractivity contribution in [3.05, 3.63) is 53.8 Å². The van der Waals surface area contributed by atoms with Gasteiger partial charge in [0, 0.05) is 11.8 Å². The monoisotopic (exact) mass is 275 g/mol. The van der Waals surface area contributed by atoms with Gasteiger partial charge in [-0.25, -0.2) is 4.39 Å². The van der Waals surface area contributed by atoms with Crippen molar-refractivity contribution in [1.82, 2.24) is 0 Å². The fourth-order valence-corrected chi connectivity index (χ4v) is 2.09. The van der Waals surface area contributed by atoms with E-state index in [-0.39, 0.29) is 17.5 Å². The second kappa shape index (κ2) is 6.28. The van der Waals surface area contributed by atoms with Crippen molar-refractivity contribution in [2.24, 2.45) is 0 Å². The highest BCUT2D eigenvalue weighted by molar-refractivity contribution is 5.49. The number of methoxy groups -OCH3 is 1. The summed E-state index contributed by atoms with van der Waals surface area (Å²) in [6, 6.07) is 11.9. The Balaban J connectivity index is 2.17. The van der Waals surface area contributed by atoms with Crippen LogP contribution in [-0.4, -0.2) is 12.2 Å². The Hall–Kier alpha value is -2.23. The van der Waals surface area contributed by atoms with Crippen LogP contribution in [0.15, 0.2) is 42.5 Å². The molecule has 1 atom stereocenters. The Morgan fingerprint density at radius 3 is 2.45 bits per heavy atom. The van der Waals surface area contributed by atoms with Crippen LogP contribution < -0.4 is 10.1 Å². The number of hydrogen-bond donors (Lipinski definition) is 2. The molecule has 3 nitrogen and oxygen atoms in total. The summed E-state index contributed by atoms with van der Waals surface area (Å²) in [6.07, 6.45) is 0.846. The first-order chi connectivity index (χ1) is 9.63. The minimum Gasteiger partial charge on any atom is -0.508 e. The molecule has 0 amide bonds. The van der Waals surface area contributed by atoms with Crippen LogP contribution in [0.5, 0.6) is 11.5 Å². The maximum absolute atomic E-state index is 13.7. The minimum absolute atomic E-state index is 0.0587. The third kappa shape index (κ3) is 3.20. The summed E-state index contributed by atoms with van der Waals surface area (Å²) in [5.74, 6) is 0.0744. The first kappa shape index (κ1) is 14.2. The number of rotatable bonds is 5. The molecule has 0 aromatic heterocycles. The molecule has 2 aromatic rings. The van der Waals surface area contributed by atoms with E-state index in [2.05, 4.69) is 5.32 Å². The molecule has 0 heterocycles. The number of ether oxygens (including phenoxy) is 1. The van der Waals surface area contributed by atoms with Crippen LogP contribution in [0.2, 0.25) is 0 Å². The van der Waals surface area contributed by atoms with Crippen LogP contribution in [0.3, 0.4) is 0 Å². The van der Waals surface area contributed by atoms with Gasteiger partial charge in [-0.1, -0.05) is 19.1 Å². The summed E-state index contributed by atoms with van der Waals surface area (Å²) in [5.41, 5.74) is 1.74. The van der Waals surface area contributed by atoms with E-state index in [1.54, 1.807) is 24.3 Å². The van der Waals surface area contributed by atoms with Crippen molar-refractivity contribution >= 4 is 5.69 Å². The van der Waals surface area contributed by atoms with Gasteiger partial charge in [0.2, 0.25) is 0 Å². The average molecular weight is 275 g/mol. The van der Waals surface area contributed by atoms with Crippen LogP contribution in [0.4, 0.5) is 10.1 Å². The van der Waals surface area contributed by atoms with Gasteiger partial charge in [-0.3, -0.25) is 0 Å². The molecule has 1 unspecified atom stereocenters. The van der Waals surface area contributed by atoms with Gasteiger partial charge in [0.1, 0.15) is 5.75 Å². The molecule has 0 aliphatic rings. The normalized spacial score (nSPS) is 11.9. The summed E-state index contributed by atoms with van der Waals surface area (Å²) in [4.78, 5) is 0. The van der Waals surface area contributed by atoms with Crippen molar-refractivity contribution < 1.29 is 14.2 Å². The maximum atomic E-state index is 13.7. The van der Waals surface area contributed by atoms with Crippen molar-refractivity contribution in [1.29, 1.82) is 0 Å². The number of phenolic OH excluding ortho intramolecular Hbond substituents is 1. The number of nitrogens with one attached hydrogen (secondary N) is 1. The number of halogens is 1. The van der Waals surface area contributed by atoms with Crippen LogP contribution in [0, 0.1) is 5.82 Å². The SMILES string of the molecule is CCC(Nc1ccc(OC)c(F)c1)c1ccc(O)cc1. The van der Waals surface area contributed by atoms with Crippen LogP contribution in [0.25, 0.3) is 0 Å². The van der Waals surface area contributed by atoms with Gasteiger partial charge in [-0.2, -0.15) is 0 Å².